The maximum atomic E-state index is 12.7. The second-order valence-electron chi connectivity index (χ2n) is 6.23. The molecule has 0 aromatic carbocycles. The monoisotopic (exact) mass is 339 g/mol. The van der Waals surface area contributed by atoms with Crippen LogP contribution in [-0.4, -0.2) is 38.8 Å². The van der Waals surface area contributed by atoms with Crippen LogP contribution >= 0.6 is 12.4 Å². The Bertz CT molecular complexity index is 717. The van der Waals surface area contributed by atoms with Crippen molar-refractivity contribution in [2.24, 2.45) is 11.1 Å². The average Bonchev–Trinajstić information content (AvgIpc) is 2.96. The van der Waals surface area contributed by atoms with Crippen molar-refractivity contribution in [2.75, 3.05) is 11.9 Å². The summed E-state index contributed by atoms with van der Waals surface area (Å²) in [5.74, 6) is 0.330. The van der Waals surface area contributed by atoms with Crippen LogP contribution in [0.2, 0.25) is 0 Å². The Morgan fingerprint density at radius 1 is 1.48 bits per heavy atom. The molecule has 0 aliphatic heterocycles. The zero-order valence-corrected chi connectivity index (χ0v) is 14.3. The van der Waals surface area contributed by atoms with Gasteiger partial charge < -0.3 is 15.8 Å². The van der Waals surface area contributed by atoms with Crippen LogP contribution in [0.1, 0.15) is 27.2 Å². The van der Waals surface area contributed by atoms with Gasteiger partial charge in [-0.05, 0) is 13.0 Å². The molecule has 0 saturated heterocycles. The largest absolute Gasteiger partial charge is 0.378 e. The van der Waals surface area contributed by atoms with E-state index in [1.165, 1.54) is 0 Å². The van der Waals surface area contributed by atoms with Crippen molar-refractivity contribution >= 4 is 29.8 Å². The third-order valence-corrected chi connectivity index (χ3v) is 4.77. The van der Waals surface area contributed by atoms with Gasteiger partial charge in [0.25, 0.3) is 0 Å². The summed E-state index contributed by atoms with van der Waals surface area (Å²) >= 11 is 0. The Morgan fingerprint density at radius 2 is 2.22 bits per heavy atom. The van der Waals surface area contributed by atoms with Crippen LogP contribution in [0.5, 0.6) is 0 Å². The fourth-order valence-corrected chi connectivity index (χ4v) is 2.98. The minimum Gasteiger partial charge on any atom is -0.378 e. The van der Waals surface area contributed by atoms with Gasteiger partial charge in [-0.25, -0.2) is 4.98 Å². The third-order valence-electron chi connectivity index (χ3n) is 4.77. The third kappa shape index (κ3) is 2.58. The summed E-state index contributed by atoms with van der Waals surface area (Å²) in [4.78, 5) is 16.9. The van der Waals surface area contributed by atoms with Crippen molar-refractivity contribution in [1.29, 1.82) is 0 Å². The van der Waals surface area contributed by atoms with Crippen LogP contribution in [0, 0.1) is 5.41 Å². The normalized spacial score (nSPS) is 25.5. The summed E-state index contributed by atoms with van der Waals surface area (Å²) in [6.07, 6.45) is 3.77. The summed E-state index contributed by atoms with van der Waals surface area (Å²) in [6, 6.07) is 3.47. The molecule has 0 radical (unpaired) electrons. The first-order chi connectivity index (χ1) is 10.4. The van der Waals surface area contributed by atoms with Gasteiger partial charge in [0.05, 0.1) is 12.3 Å². The number of halogens is 1. The lowest BCUT2D eigenvalue weighted by atomic mass is 9.54. The number of nitrogens with zero attached hydrogens (tertiary/aromatic N) is 3. The number of hydrogen-bond acceptors (Lipinski definition) is 5. The summed E-state index contributed by atoms with van der Waals surface area (Å²) in [6.45, 7) is 6.49. The number of nitrogens with two attached hydrogens (primary N) is 1. The Morgan fingerprint density at radius 3 is 2.87 bits per heavy atom. The summed E-state index contributed by atoms with van der Waals surface area (Å²) in [5.41, 5.74) is 5.66. The highest BCUT2D eigenvalue weighted by Gasteiger charge is 2.62. The Labute approximate surface area is 141 Å². The van der Waals surface area contributed by atoms with E-state index in [0.717, 1.165) is 0 Å². The number of rotatable bonds is 4. The van der Waals surface area contributed by atoms with E-state index in [2.05, 4.69) is 15.4 Å². The number of hydrogen-bond donors (Lipinski definition) is 2. The van der Waals surface area contributed by atoms with Crippen molar-refractivity contribution in [3.8, 4) is 0 Å². The SMILES string of the molecule is CCOC1CC(N)(C(=O)Nc2ccnc3ccnn23)C1(C)C.Cl. The minimum atomic E-state index is -0.963. The predicted octanol–water partition coefficient (Wildman–Crippen LogP) is 1.62. The van der Waals surface area contributed by atoms with E-state index in [0.29, 0.717) is 24.5 Å². The van der Waals surface area contributed by atoms with Crippen LogP contribution < -0.4 is 11.1 Å². The van der Waals surface area contributed by atoms with E-state index in [-0.39, 0.29) is 24.4 Å². The smallest absolute Gasteiger partial charge is 0.246 e. The van der Waals surface area contributed by atoms with Gasteiger partial charge in [-0.2, -0.15) is 9.61 Å². The van der Waals surface area contributed by atoms with E-state index < -0.39 is 11.0 Å². The summed E-state index contributed by atoms with van der Waals surface area (Å²) in [7, 11) is 0. The van der Waals surface area contributed by atoms with Gasteiger partial charge in [0.15, 0.2) is 5.65 Å². The molecule has 2 heterocycles. The van der Waals surface area contributed by atoms with Crippen LogP contribution in [-0.2, 0) is 9.53 Å². The number of carbonyl (C=O) groups excluding carboxylic acids is 1. The van der Waals surface area contributed by atoms with Crippen molar-refractivity contribution < 1.29 is 9.53 Å². The van der Waals surface area contributed by atoms with E-state index >= 15 is 0 Å². The van der Waals surface area contributed by atoms with Crippen molar-refractivity contribution in [3.63, 3.8) is 0 Å². The molecule has 2 atom stereocenters. The van der Waals surface area contributed by atoms with Gasteiger partial charge in [-0.3, -0.25) is 4.79 Å². The number of anilines is 1. The first kappa shape index (κ1) is 17.7. The Balaban J connectivity index is 0.00000192. The number of ether oxygens (including phenoxy) is 1. The molecule has 3 N–H and O–H groups in total. The molecule has 1 saturated carbocycles. The molecule has 8 heteroatoms. The number of nitrogens with one attached hydrogen (secondary N) is 1. The lowest BCUT2D eigenvalue weighted by Crippen LogP contribution is -2.74. The van der Waals surface area contributed by atoms with Gasteiger partial charge in [-0.15, -0.1) is 12.4 Å². The van der Waals surface area contributed by atoms with Crippen LogP contribution in [0.15, 0.2) is 24.5 Å². The fourth-order valence-electron chi connectivity index (χ4n) is 2.98. The maximum absolute atomic E-state index is 12.7. The van der Waals surface area contributed by atoms with Crippen molar-refractivity contribution in [3.05, 3.63) is 24.5 Å². The van der Waals surface area contributed by atoms with Gasteiger partial charge >= 0.3 is 0 Å². The zero-order valence-electron chi connectivity index (χ0n) is 13.4. The highest BCUT2D eigenvalue weighted by Crippen LogP contribution is 2.50. The highest BCUT2D eigenvalue weighted by atomic mass is 35.5. The zero-order chi connectivity index (χ0) is 16.0. The van der Waals surface area contributed by atoms with Crippen LogP contribution in [0.4, 0.5) is 5.82 Å². The Hall–Kier alpha value is -1.70. The highest BCUT2D eigenvalue weighted by molar-refractivity contribution is 5.99. The Kier molecular flexibility index (Phi) is 4.66. The molecule has 1 amide bonds. The van der Waals surface area contributed by atoms with Crippen LogP contribution in [0.25, 0.3) is 5.65 Å². The fraction of sp³-hybridized carbons (Fsp3) is 0.533. The molecule has 1 aliphatic rings. The maximum Gasteiger partial charge on any atom is 0.246 e. The summed E-state index contributed by atoms with van der Waals surface area (Å²) < 4.78 is 7.24. The molecule has 2 aromatic heterocycles. The number of fused-ring (bicyclic) bond motifs is 1. The van der Waals surface area contributed by atoms with E-state index in [1.54, 1.807) is 29.0 Å². The van der Waals surface area contributed by atoms with Gasteiger partial charge in [-0.1, -0.05) is 13.8 Å². The molecule has 3 rings (SSSR count). The molecule has 2 aromatic rings. The molecule has 0 bridgehead atoms. The molecular weight excluding hydrogens is 318 g/mol. The molecule has 0 spiro atoms. The molecule has 126 valence electrons. The lowest BCUT2D eigenvalue weighted by molar-refractivity contribution is -0.166. The molecule has 1 fully saturated rings. The topological polar surface area (TPSA) is 94.5 Å². The number of amides is 1. The van der Waals surface area contributed by atoms with Gasteiger partial charge in [0.1, 0.15) is 11.4 Å². The molecular formula is C15H22ClN5O2. The molecule has 23 heavy (non-hydrogen) atoms. The molecule has 1 aliphatic carbocycles. The first-order valence-electron chi connectivity index (χ1n) is 7.41. The standard InChI is InChI=1S/C15H21N5O2.ClH/c1-4-22-10-9-15(16,14(10,2)3)13(21)19-12-5-7-17-11-6-8-18-20(11)12;/h5-8,10H,4,9,16H2,1-3H3,(H,19,21);1H. The van der Waals surface area contributed by atoms with E-state index in [1.807, 2.05) is 20.8 Å². The van der Waals surface area contributed by atoms with E-state index in [4.69, 9.17) is 10.5 Å². The lowest BCUT2D eigenvalue weighted by Gasteiger charge is -2.57. The van der Waals surface area contributed by atoms with Gasteiger partial charge in [0.2, 0.25) is 5.91 Å². The molecule has 7 nitrogen and oxygen atoms in total. The van der Waals surface area contributed by atoms with E-state index in [9.17, 15) is 4.79 Å². The average molecular weight is 340 g/mol. The summed E-state index contributed by atoms with van der Waals surface area (Å²) in [5, 5.41) is 7.03. The second kappa shape index (κ2) is 6.07. The first-order valence-corrected chi connectivity index (χ1v) is 7.41. The minimum absolute atomic E-state index is 0. The number of aromatic nitrogens is 3. The van der Waals surface area contributed by atoms with Crippen molar-refractivity contribution in [2.45, 2.75) is 38.8 Å². The second-order valence-corrected chi connectivity index (χ2v) is 6.23. The van der Waals surface area contributed by atoms with Crippen molar-refractivity contribution in [1.82, 2.24) is 14.6 Å². The number of carbonyl (C=O) groups is 1. The quantitative estimate of drug-likeness (QED) is 0.882. The van der Waals surface area contributed by atoms with Crippen LogP contribution in [0.3, 0.4) is 0 Å². The van der Waals surface area contributed by atoms with Gasteiger partial charge in [0, 0.05) is 30.7 Å². The predicted molar refractivity (Wildman–Crippen MR) is 89.6 cm³/mol. The molecule has 2 unspecified atom stereocenters.